The summed E-state index contributed by atoms with van der Waals surface area (Å²) >= 11 is 0. The van der Waals surface area contributed by atoms with Gasteiger partial charge in [0.05, 0.1) is 12.7 Å². The van der Waals surface area contributed by atoms with Crippen LogP contribution in [0.15, 0.2) is 36.5 Å². The Balaban J connectivity index is 0. The van der Waals surface area contributed by atoms with Gasteiger partial charge in [-0.2, -0.15) is 0 Å². The molecule has 1 rings (SSSR count). The van der Waals surface area contributed by atoms with Gasteiger partial charge in [-0.15, -0.1) is 13.2 Å². The van der Waals surface area contributed by atoms with E-state index in [1.807, 2.05) is 0 Å². The van der Waals surface area contributed by atoms with Gasteiger partial charge in [0.2, 0.25) is 0 Å². The van der Waals surface area contributed by atoms with E-state index < -0.39 is 11.9 Å². The molecule has 1 aliphatic rings. The topological polar surface area (TPSA) is 87.1 Å². The van der Waals surface area contributed by atoms with Gasteiger partial charge in [-0.3, -0.25) is 0 Å². The number of epoxide rings is 1. The molecule has 1 aliphatic heterocycles. The Labute approximate surface area is 113 Å². The van der Waals surface area contributed by atoms with Gasteiger partial charge in [-0.25, -0.2) is 9.59 Å². The number of hydrogen-bond acceptors (Lipinski definition) is 3. The highest BCUT2D eigenvalue weighted by Crippen LogP contribution is 2.14. The fourth-order valence-electron chi connectivity index (χ4n) is 0.723. The van der Waals surface area contributed by atoms with E-state index in [-0.39, 0.29) is 6.10 Å². The van der Waals surface area contributed by atoms with Gasteiger partial charge in [-0.05, 0) is 27.2 Å². The lowest BCUT2D eigenvalue weighted by molar-refractivity contribution is -0.133. The third kappa shape index (κ3) is 12.4. The number of allylic oxidation sites excluding steroid dienone is 1. The van der Waals surface area contributed by atoms with E-state index in [2.05, 4.69) is 13.2 Å². The predicted molar refractivity (Wildman–Crippen MR) is 74.1 cm³/mol. The summed E-state index contributed by atoms with van der Waals surface area (Å²) in [6.45, 7) is 11.6. The molecule has 108 valence electrons. The molecule has 1 saturated heterocycles. The van der Waals surface area contributed by atoms with Gasteiger partial charge < -0.3 is 14.9 Å². The summed E-state index contributed by atoms with van der Waals surface area (Å²) < 4.78 is 4.90. The van der Waals surface area contributed by atoms with Crippen LogP contribution in [0.4, 0.5) is 0 Å². The van der Waals surface area contributed by atoms with Crippen molar-refractivity contribution in [3.8, 4) is 0 Å². The first-order valence-electron chi connectivity index (χ1n) is 5.76. The summed E-state index contributed by atoms with van der Waals surface area (Å²) in [7, 11) is 0. The average Bonchev–Trinajstić information content (AvgIpc) is 3.21. The van der Waals surface area contributed by atoms with Gasteiger partial charge >= 0.3 is 11.9 Å². The van der Waals surface area contributed by atoms with Crippen molar-refractivity contribution in [1.29, 1.82) is 0 Å². The quantitative estimate of drug-likeness (QED) is 0.466. The largest absolute Gasteiger partial charge is 0.478 e. The molecule has 0 aliphatic carbocycles. The van der Waals surface area contributed by atoms with Crippen molar-refractivity contribution in [3.05, 3.63) is 36.5 Å². The first-order chi connectivity index (χ1) is 8.88. The van der Waals surface area contributed by atoms with Gasteiger partial charge in [0.25, 0.3) is 0 Å². The van der Waals surface area contributed by atoms with Crippen LogP contribution in [0.5, 0.6) is 0 Å². The molecule has 0 aromatic heterocycles. The first-order valence-corrected chi connectivity index (χ1v) is 5.76. The van der Waals surface area contributed by atoms with Crippen molar-refractivity contribution >= 4 is 11.9 Å². The summed E-state index contributed by atoms with van der Waals surface area (Å²) in [5.41, 5.74) is 0.788. The average molecular weight is 270 g/mol. The summed E-state index contributed by atoms with van der Waals surface area (Å²) in [6.07, 6.45) is 4.27. The van der Waals surface area contributed by atoms with Gasteiger partial charge in [-0.1, -0.05) is 12.2 Å². The highest BCUT2D eigenvalue weighted by atomic mass is 16.6. The molecule has 1 unspecified atom stereocenters. The minimum Gasteiger partial charge on any atom is -0.478 e. The zero-order chi connectivity index (χ0) is 15.4. The van der Waals surface area contributed by atoms with Crippen LogP contribution in [0.3, 0.4) is 0 Å². The van der Waals surface area contributed by atoms with Gasteiger partial charge in [0, 0.05) is 11.1 Å². The van der Waals surface area contributed by atoms with E-state index in [0.717, 1.165) is 13.0 Å². The van der Waals surface area contributed by atoms with Crippen molar-refractivity contribution in [2.24, 2.45) is 0 Å². The second kappa shape index (κ2) is 11.2. The molecular weight excluding hydrogens is 248 g/mol. The van der Waals surface area contributed by atoms with E-state index in [9.17, 15) is 9.59 Å². The van der Waals surface area contributed by atoms with Crippen LogP contribution >= 0.6 is 0 Å². The number of carboxylic acids is 2. The lowest BCUT2D eigenvalue weighted by Gasteiger charge is -1.89. The Hall–Kier alpha value is -1.88. The molecular formula is C14H22O5. The Morgan fingerprint density at radius 1 is 1.21 bits per heavy atom. The fourth-order valence-corrected chi connectivity index (χ4v) is 0.723. The number of rotatable bonds is 4. The smallest absolute Gasteiger partial charge is 0.330 e. The molecule has 0 amide bonds. The molecule has 1 heterocycles. The summed E-state index contributed by atoms with van der Waals surface area (Å²) in [5, 5.41) is 16.5. The lowest BCUT2D eigenvalue weighted by Crippen LogP contribution is -1.96. The number of ether oxygens (including phenoxy) is 1. The number of carbonyl (C=O) groups is 2. The molecule has 0 spiro atoms. The number of carboxylic acid groups (broad SMARTS) is 2. The van der Waals surface area contributed by atoms with E-state index in [0.29, 0.717) is 11.1 Å². The van der Waals surface area contributed by atoms with Crippen LogP contribution in [-0.4, -0.2) is 34.9 Å². The van der Waals surface area contributed by atoms with Crippen molar-refractivity contribution in [3.63, 3.8) is 0 Å². The SMILES string of the molecule is C/C(=C\CC1CO1)C(=O)O.C/C=C(\C)C(=O)O.C=C. The van der Waals surface area contributed by atoms with Crippen molar-refractivity contribution in [2.45, 2.75) is 33.3 Å². The monoisotopic (exact) mass is 270 g/mol. The molecule has 1 fully saturated rings. The Morgan fingerprint density at radius 2 is 1.63 bits per heavy atom. The molecule has 2 N–H and O–H groups in total. The molecule has 19 heavy (non-hydrogen) atoms. The van der Waals surface area contributed by atoms with Crippen LogP contribution < -0.4 is 0 Å². The van der Waals surface area contributed by atoms with Crippen LogP contribution in [0, 0.1) is 0 Å². The van der Waals surface area contributed by atoms with Crippen LogP contribution in [-0.2, 0) is 14.3 Å². The van der Waals surface area contributed by atoms with Gasteiger partial charge in [0.15, 0.2) is 0 Å². The summed E-state index contributed by atoms with van der Waals surface area (Å²) in [5.74, 6) is -1.69. The van der Waals surface area contributed by atoms with Crippen molar-refractivity contribution in [1.82, 2.24) is 0 Å². The molecule has 0 aromatic carbocycles. The predicted octanol–water partition coefficient (Wildman–Crippen LogP) is 2.65. The molecule has 0 radical (unpaired) electrons. The van der Waals surface area contributed by atoms with Crippen LogP contribution in [0.2, 0.25) is 0 Å². The van der Waals surface area contributed by atoms with E-state index in [4.69, 9.17) is 14.9 Å². The maximum Gasteiger partial charge on any atom is 0.330 e. The Kier molecular flexibility index (Phi) is 11.5. The Bertz CT molecular complexity index is 351. The minimum absolute atomic E-state index is 0.286. The second-order valence-corrected chi connectivity index (χ2v) is 3.66. The molecule has 1 atom stereocenters. The van der Waals surface area contributed by atoms with Crippen molar-refractivity contribution in [2.75, 3.05) is 6.61 Å². The van der Waals surface area contributed by atoms with Crippen LogP contribution in [0.25, 0.3) is 0 Å². The van der Waals surface area contributed by atoms with Crippen LogP contribution in [0.1, 0.15) is 27.2 Å². The minimum atomic E-state index is -0.847. The summed E-state index contributed by atoms with van der Waals surface area (Å²) in [4.78, 5) is 20.1. The van der Waals surface area contributed by atoms with Crippen molar-refractivity contribution < 1.29 is 24.5 Å². The third-order valence-electron chi connectivity index (χ3n) is 2.20. The number of aliphatic carboxylic acids is 2. The molecule has 0 bridgehead atoms. The molecule has 0 aromatic rings. The second-order valence-electron chi connectivity index (χ2n) is 3.66. The lowest BCUT2D eigenvalue weighted by atomic mass is 10.2. The molecule has 0 saturated carbocycles. The normalized spacial score (nSPS) is 17.3. The standard InChI is InChI=1S/C7H10O3.C5H8O2.C2H4/c1-5(7(8)9)2-3-6-4-10-6;1-3-4(2)5(6)7;1-2/h2,6H,3-4H2,1H3,(H,8,9);3H,1-2H3,(H,6,7);1-2H2/b5-2+;4-3+;. The maximum atomic E-state index is 10.2. The molecule has 5 heteroatoms. The highest BCUT2D eigenvalue weighted by molar-refractivity contribution is 5.86. The van der Waals surface area contributed by atoms with Gasteiger partial charge in [0.1, 0.15) is 0 Å². The Morgan fingerprint density at radius 3 is 1.84 bits per heavy atom. The van der Waals surface area contributed by atoms with E-state index in [1.165, 1.54) is 0 Å². The first kappa shape index (κ1) is 19.5. The van der Waals surface area contributed by atoms with E-state index >= 15 is 0 Å². The third-order valence-corrected chi connectivity index (χ3v) is 2.20. The van der Waals surface area contributed by atoms with E-state index in [1.54, 1.807) is 32.9 Å². The zero-order valence-corrected chi connectivity index (χ0v) is 11.7. The zero-order valence-electron chi connectivity index (χ0n) is 11.7. The highest BCUT2D eigenvalue weighted by Gasteiger charge is 2.20. The summed E-state index contributed by atoms with van der Waals surface area (Å²) in [6, 6.07) is 0. The fraction of sp³-hybridized carbons (Fsp3) is 0.429. The number of hydrogen-bond donors (Lipinski definition) is 2. The molecule has 5 nitrogen and oxygen atoms in total. The maximum absolute atomic E-state index is 10.2.